The first-order valence-electron chi connectivity index (χ1n) is 17.3. The van der Waals surface area contributed by atoms with Crippen molar-refractivity contribution in [2.75, 3.05) is 0 Å². The summed E-state index contributed by atoms with van der Waals surface area (Å²) in [5.41, 5.74) is 8.67. The maximum Gasteiger partial charge on any atom is 0.216 e. The first kappa shape index (κ1) is 47.1. The van der Waals surface area contributed by atoms with E-state index >= 15 is 0 Å². The maximum absolute atomic E-state index is 11.8. The molecule has 49 heavy (non-hydrogen) atoms. The average molecular weight is 721 g/mol. The Morgan fingerprint density at radius 3 is 0.878 bits per heavy atom. The van der Waals surface area contributed by atoms with E-state index in [4.69, 9.17) is 0 Å². The van der Waals surface area contributed by atoms with Gasteiger partial charge in [-0.2, -0.15) is 0 Å². The first-order valence-corrected chi connectivity index (χ1v) is 20.2. The number of phosphoric ester groups is 2. The molecule has 0 aliphatic rings. The summed E-state index contributed by atoms with van der Waals surface area (Å²) in [5, 5.41) is 0. The van der Waals surface area contributed by atoms with Crippen molar-refractivity contribution in [3.8, 4) is 0 Å². The second-order valence-corrected chi connectivity index (χ2v) is 15.9. The van der Waals surface area contributed by atoms with Crippen molar-refractivity contribution in [1.29, 1.82) is 0 Å². The lowest BCUT2D eigenvalue weighted by molar-refractivity contribution is -0.370. The Morgan fingerprint density at radius 2 is 0.653 bits per heavy atom. The molecule has 0 amide bonds. The lowest BCUT2D eigenvalue weighted by atomic mass is 10.0. The Labute approximate surface area is 298 Å². The molecule has 0 spiro atoms. The molecule has 0 aliphatic heterocycles. The molecule has 0 N–H and O–H groups in total. The number of allylic oxidation sites excluding steroid dienone is 14. The Kier molecular flexibility index (Phi) is 23.4. The van der Waals surface area contributed by atoms with E-state index in [2.05, 4.69) is 87.0 Å². The summed E-state index contributed by atoms with van der Waals surface area (Å²) in [6.45, 7) is 20.0. The van der Waals surface area contributed by atoms with Crippen LogP contribution in [0.5, 0.6) is 0 Å². The van der Waals surface area contributed by atoms with E-state index < -0.39 is 21.4 Å². The van der Waals surface area contributed by atoms with Gasteiger partial charge < -0.3 is 37.8 Å². The van der Waals surface area contributed by atoms with Crippen LogP contribution in [0.2, 0.25) is 0 Å². The molecule has 0 fully saturated rings. The van der Waals surface area contributed by atoms with Crippen LogP contribution in [-0.4, -0.2) is 5.79 Å². The van der Waals surface area contributed by atoms with Gasteiger partial charge in [0.2, 0.25) is 5.79 Å². The number of hydrogen-bond acceptors (Lipinski definition) is 8. The van der Waals surface area contributed by atoms with Gasteiger partial charge >= 0.3 is 0 Å². The van der Waals surface area contributed by atoms with Crippen LogP contribution < -0.4 is 19.6 Å². The van der Waals surface area contributed by atoms with Crippen molar-refractivity contribution in [2.24, 2.45) is 0 Å². The molecular formula is C39H62O8P2-4. The summed E-state index contributed by atoms with van der Waals surface area (Å²) in [6.07, 6.45) is 24.9. The van der Waals surface area contributed by atoms with Gasteiger partial charge in [0, 0.05) is 0 Å². The van der Waals surface area contributed by atoms with Gasteiger partial charge in [0.05, 0.1) is 15.6 Å². The Balaban J connectivity index is 5.66. The van der Waals surface area contributed by atoms with Crippen LogP contribution in [0.4, 0.5) is 0 Å². The quantitative estimate of drug-likeness (QED) is 0.0544. The number of phosphoric acid groups is 2. The van der Waals surface area contributed by atoms with Crippen LogP contribution in [0.25, 0.3) is 0 Å². The molecule has 0 aromatic heterocycles. The standard InChI is InChI=1S/C39H66O8P2/c1-31(2)17-11-19-33(5)21-13-23-35(7)25-15-27-37(9)29-39(46-48(40,41)42,47-49(43,44)45)30-38(10)28-16-26-36(8)24-14-22-34(6)20-12-18-32(3)4/h17-18,21-22,25-26,29-30H,11-16,19-20,23-24,27-28H2,1-10H3,(H2,40,41,42)(H2,43,44,45)/p-4/b33-21?,34-22?,35-25-,36-26-,37-29+,38-30+. The van der Waals surface area contributed by atoms with E-state index in [1.54, 1.807) is 13.8 Å². The lowest BCUT2D eigenvalue weighted by Gasteiger charge is -2.44. The van der Waals surface area contributed by atoms with Gasteiger partial charge in [-0.25, -0.2) is 0 Å². The van der Waals surface area contributed by atoms with Crippen LogP contribution >= 0.6 is 15.6 Å². The second kappa shape index (κ2) is 24.3. The molecule has 0 saturated heterocycles. The predicted molar refractivity (Wildman–Crippen MR) is 197 cm³/mol. The fourth-order valence-corrected chi connectivity index (χ4v) is 6.16. The molecule has 0 radical (unpaired) electrons. The third kappa shape index (κ3) is 28.5. The zero-order valence-electron chi connectivity index (χ0n) is 31.8. The minimum Gasteiger partial charge on any atom is -0.790 e. The molecule has 0 heterocycles. The van der Waals surface area contributed by atoms with Gasteiger partial charge in [0.15, 0.2) is 0 Å². The van der Waals surface area contributed by atoms with Gasteiger partial charge in [-0.05, 0) is 158 Å². The summed E-state index contributed by atoms with van der Waals surface area (Å²) >= 11 is 0. The SMILES string of the molecule is CC(C)=CCCC(C)=CCC/C(C)=C\CC/C(C)=C/C(/C=C(\C)CC/C=C(/C)CCC=C(C)CCC=C(C)C)(OP(=O)([O-])[O-])OP(=O)([O-])[O-]. The van der Waals surface area contributed by atoms with Gasteiger partial charge in [-0.1, -0.05) is 81.0 Å². The van der Waals surface area contributed by atoms with Crippen molar-refractivity contribution >= 4 is 15.6 Å². The molecule has 10 heteroatoms. The lowest BCUT2D eigenvalue weighted by Crippen LogP contribution is -2.38. The molecular weight excluding hydrogens is 658 g/mol. The van der Waals surface area contributed by atoms with Crippen LogP contribution in [0.1, 0.15) is 146 Å². The van der Waals surface area contributed by atoms with E-state index in [1.165, 1.54) is 33.4 Å². The smallest absolute Gasteiger partial charge is 0.216 e. The highest BCUT2D eigenvalue weighted by atomic mass is 31.2. The normalized spacial score (nSPS) is 14.7. The van der Waals surface area contributed by atoms with Gasteiger partial charge in [-0.15, -0.1) is 0 Å². The highest BCUT2D eigenvalue weighted by Gasteiger charge is 2.31. The summed E-state index contributed by atoms with van der Waals surface area (Å²) in [4.78, 5) is 47.0. The van der Waals surface area contributed by atoms with Crippen LogP contribution in [0, 0.1) is 0 Å². The van der Waals surface area contributed by atoms with Crippen molar-refractivity contribution in [3.05, 3.63) is 93.2 Å². The minimum atomic E-state index is -5.79. The molecule has 280 valence electrons. The van der Waals surface area contributed by atoms with E-state index in [1.807, 2.05) is 13.8 Å². The fraction of sp³-hybridized carbons (Fsp3) is 0.590. The molecule has 8 nitrogen and oxygen atoms in total. The van der Waals surface area contributed by atoms with Gasteiger partial charge in [0.25, 0.3) is 0 Å². The molecule has 0 rings (SSSR count). The Bertz CT molecular complexity index is 1250. The first-order chi connectivity index (χ1) is 22.6. The Morgan fingerprint density at radius 1 is 0.429 bits per heavy atom. The number of hydrogen-bond donors (Lipinski definition) is 0. The summed E-state index contributed by atoms with van der Waals surface area (Å²) in [6, 6.07) is 0. The molecule has 0 saturated carbocycles. The largest absolute Gasteiger partial charge is 0.790 e. The van der Waals surface area contributed by atoms with Crippen molar-refractivity contribution in [3.63, 3.8) is 0 Å². The molecule has 0 aromatic carbocycles. The van der Waals surface area contributed by atoms with Crippen LogP contribution in [0.15, 0.2) is 93.2 Å². The summed E-state index contributed by atoms with van der Waals surface area (Å²) in [5.74, 6) is -2.70. The zero-order valence-corrected chi connectivity index (χ0v) is 33.6. The summed E-state index contributed by atoms with van der Waals surface area (Å²) < 4.78 is 32.9. The Hall–Kier alpha value is -1.86. The zero-order chi connectivity index (χ0) is 37.7. The van der Waals surface area contributed by atoms with Gasteiger partial charge in [-0.3, -0.25) is 0 Å². The molecule has 0 aliphatic carbocycles. The molecule has 0 atom stereocenters. The van der Waals surface area contributed by atoms with Crippen LogP contribution in [0.3, 0.4) is 0 Å². The predicted octanol–water partition coefficient (Wildman–Crippen LogP) is 9.66. The average Bonchev–Trinajstić information content (AvgIpc) is 2.90. The third-order valence-corrected chi connectivity index (χ3v) is 8.73. The molecule has 0 aromatic rings. The number of rotatable bonds is 24. The van der Waals surface area contributed by atoms with E-state index in [0.29, 0.717) is 36.8 Å². The molecule has 0 bridgehead atoms. The highest BCUT2D eigenvalue weighted by molar-refractivity contribution is 7.44. The van der Waals surface area contributed by atoms with E-state index in [9.17, 15) is 28.7 Å². The second-order valence-electron chi connectivity index (χ2n) is 13.8. The topological polar surface area (TPSA) is 145 Å². The fourth-order valence-electron chi connectivity index (χ4n) is 5.11. The van der Waals surface area contributed by atoms with Crippen molar-refractivity contribution in [1.82, 2.24) is 0 Å². The monoisotopic (exact) mass is 720 g/mol. The van der Waals surface area contributed by atoms with E-state index in [0.717, 1.165) is 63.5 Å². The van der Waals surface area contributed by atoms with Crippen molar-refractivity contribution < 1.29 is 37.8 Å². The van der Waals surface area contributed by atoms with Crippen molar-refractivity contribution in [2.45, 2.75) is 152 Å². The minimum absolute atomic E-state index is 0.394. The third-order valence-electron chi connectivity index (χ3n) is 7.71. The van der Waals surface area contributed by atoms with Gasteiger partial charge in [0.1, 0.15) is 0 Å². The molecule has 0 unspecified atom stereocenters. The van der Waals surface area contributed by atoms with Crippen LogP contribution in [-0.2, 0) is 18.2 Å². The maximum atomic E-state index is 11.8. The van der Waals surface area contributed by atoms with E-state index in [-0.39, 0.29) is 0 Å². The summed E-state index contributed by atoms with van der Waals surface area (Å²) in [7, 11) is -11.6. The highest BCUT2D eigenvalue weighted by Crippen LogP contribution is 2.44.